The molecule has 5 nitrogen and oxygen atoms in total. The third-order valence-corrected chi connectivity index (χ3v) is 2.74. The first-order valence-electron chi connectivity index (χ1n) is 5.36. The second-order valence-electron chi connectivity index (χ2n) is 4.00. The van der Waals surface area contributed by atoms with E-state index < -0.39 is 24.3 Å². The lowest BCUT2D eigenvalue weighted by molar-refractivity contribution is -0.147. The first kappa shape index (κ1) is 12.0. The van der Waals surface area contributed by atoms with Crippen LogP contribution in [0.15, 0.2) is 30.3 Å². The van der Waals surface area contributed by atoms with Crippen LogP contribution in [0.5, 0.6) is 0 Å². The van der Waals surface area contributed by atoms with E-state index in [0.717, 1.165) is 10.5 Å². The number of hydrogen-bond acceptors (Lipinski definition) is 3. The van der Waals surface area contributed by atoms with Gasteiger partial charge in [-0.2, -0.15) is 0 Å². The zero-order valence-corrected chi connectivity index (χ0v) is 9.71. The van der Waals surface area contributed by atoms with Gasteiger partial charge >= 0.3 is 5.97 Å². The average Bonchev–Trinajstić information content (AvgIpc) is 2.57. The summed E-state index contributed by atoms with van der Waals surface area (Å²) in [6.45, 7) is 1.22. The Morgan fingerprint density at radius 2 is 1.94 bits per heavy atom. The zero-order valence-electron chi connectivity index (χ0n) is 9.71. The molecule has 0 unspecified atom stereocenters. The fourth-order valence-corrected chi connectivity index (χ4v) is 1.86. The van der Waals surface area contributed by atoms with Crippen molar-refractivity contribution in [3.63, 3.8) is 0 Å². The maximum Gasteiger partial charge on any atom is 0.323 e. The van der Waals surface area contributed by atoms with Crippen LogP contribution in [0.4, 0.5) is 0 Å². The minimum absolute atomic E-state index is 0.249. The normalized spacial score (nSPS) is 14.9. The molecule has 2 amide bonds. The standard InChI is InChI=1S/C13H11NO4/c1-8-4-2-3-5-9(8)10-6-11(15)14(13(10)18)7-12(16)17/h2-6H,7H2,1H3,(H,16,17). The van der Waals surface area contributed by atoms with Crippen LogP contribution in [0.3, 0.4) is 0 Å². The molecular weight excluding hydrogens is 234 g/mol. The largest absolute Gasteiger partial charge is 0.480 e. The highest BCUT2D eigenvalue weighted by atomic mass is 16.4. The number of carbonyl (C=O) groups excluding carboxylic acids is 2. The molecule has 0 bridgehead atoms. The maximum absolute atomic E-state index is 12.0. The predicted molar refractivity (Wildman–Crippen MR) is 63.5 cm³/mol. The van der Waals surface area contributed by atoms with Crippen LogP contribution < -0.4 is 0 Å². The van der Waals surface area contributed by atoms with Crippen LogP contribution in [0.25, 0.3) is 5.57 Å². The summed E-state index contributed by atoms with van der Waals surface area (Å²) in [6, 6.07) is 7.15. The topological polar surface area (TPSA) is 74.7 Å². The highest BCUT2D eigenvalue weighted by Crippen LogP contribution is 2.25. The monoisotopic (exact) mass is 245 g/mol. The van der Waals surface area contributed by atoms with Crippen LogP contribution in [-0.2, 0) is 14.4 Å². The van der Waals surface area contributed by atoms with Gasteiger partial charge in [-0.05, 0) is 18.1 Å². The quantitative estimate of drug-likeness (QED) is 0.800. The van der Waals surface area contributed by atoms with Gasteiger partial charge in [0.15, 0.2) is 0 Å². The number of nitrogens with zero attached hydrogens (tertiary/aromatic N) is 1. The number of aliphatic carboxylic acids is 1. The SMILES string of the molecule is Cc1ccccc1C1=CC(=O)N(CC(=O)O)C1=O. The van der Waals surface area contributed by atoms with Crippen molar-refractivity contribution in [3.05, 3.63) is 41.5 Å². The lowest BCUT2D eigenvalue weighted by Crippen LogP contribution is -2.35. The van der Waals surface area contributed by atoms with Crippen LogP contribution in [-0.4, -0.2) is 34.3 Å². The molecule has 0 saturated heterocycles. The van der Waals surface area contributed by atoms with Gasteiger partial charge in [0.1, 0.15) is 6.54 Å². The van der Waals surface area contributed by atoms with E-state index >= 15 is 0 Å². The summed E-state index contributed by atoms with van der Waals surface area (Å²) in [5, 5.41) is 8.65. The molecule has 0 saturated carbocycles. The molecular formula is C13H11NO4. The summed E-state index contributed by atoms with van der Waals surface area (Å²) in [6.07, 6.45) is 1.19. The Balaban J connectivity index is 2.35. The molecule has 0 atom stereocenters. The van der Waals surface area contributed by atoms with Gasteiger partial charge in [0.25, 0.3) is 11.8 Å². The summed E-state index contributed by atoms with van der Waals surface area (Å²) in [5.41, 5.74) is 1.77. The van der Waals surface area contributed by atoms with Crippen molar-refractivity contribution >= 4 is 23.4 Å². The Bertz CT molecular complexity index is 574. The highest BCUT2D eigenvalue weighted by Gasteiger charge is 2.33. The van der Waals surface area contributed by atoms with Crippen molar-refractivity contribution in [3.8, 4) is 0 Å². The molecule has 0 aliphatic carbocycles. The summed E-state index contributed by atoms with van der Waals surface area (Å²) in [4.78, 5) is 34.9. The molecule has 1 aliphatic heterocycles. The van der Waals surface area contributed by atoms with E-state index in [2.05, 4.69) is 0 Å². The first-order chi connectivity index (χ1) is 8.50. The molecule has 1 heterocycles. The minimum Gasteiger partial charge on any atom is -0.480 e. The van der Waals surface area contributed by atoms with E-state index in [4.69, 9.17) is 5.11 Å². The summed E-state index contributed by atoms with van der Waals surface area (Å²) in [5.74, 6) is -2.35. The van der Waals surface area contributed by atoms with Gasteiger partial charge in [0.2, 0.25) is 0 Å². The fraction of sp³-hybridized carbons (Fsp3) is 0.154. The van der Waals surface area contributed by atoms with Crippen molar-refractivity contribution in [2.75, 3.05) is 6.54 Å². The number of carboxylic acid groups (broad SMARTS) is 1. The summed E-state index contributed by atoms with van der Waals surface area (Å²) < 4.78 is 0. The van der Waals surface area contributed by atoms with E-state index in [9.17, 15) is 14.4 Å². The molecule has 18 heavy (non-hydrogen) atoms. The van der Waals surface area contributed by atoms with Crippen LogP contribution in [0, 0.1) is 6.92 Å². The Hall–Kier alpha value is -2.43. The number of carboxylic acids is 1. The van der Waals surface area contributed by atoms with Gasteiger partial charge in [-0.25, -0.2) is 0 Å². The van der Waals surface area contributed by atoms with Gasteiger partial charge in [0.05, 0.1) is 5.57 Å². The van der Waals surface area contributed by atoms with E-state index in [1.165, 1.54) is 6.08 Å². The number of imide groups is 1. The summed E-state index contributed by atoms with van der Waals surface area (Å²) >= 11 is 0. The second kappa shape index (κ2) is 4.44. The Morgan fingerprint density at radius 3 is 2.56 bits per heavy atom. The molecule has 1 aliphatic rings. The van der Waals surface area contributed by atoms with Gasteiger partial charge < -0.3 is 5.11 Å². The summed E-state index contributed by atoms with van der Waals surface area (Å²) in [7, 11) is 0. The molecule has 1 aromatic carbocycles. The van der Waals surface area contributed by atoms with Crippen LogP contribution in [0.1, 0.15) is 11.1 Å². The van der Waals surface area contributed by atoms with Crippen molar-refractivity contribution in [1.82, 2.24) is 4.90 Å². The van der Waals surface area contributed by atoms with Crippen LogP contribution in [0.2, 0.25) is 0 Å². The zero-order chi connectivity index (χ0) is 13.3. The van der Waals surface area contributed by atoms with E-state index in [0.29, 0.717) is 5.56 Å². The Morgan fingerprint density at radius 1 is 1.28 bits per heavy atom. The third-order valence-electron chi connectivity index (χ3n) is 2.74. The van der Waals surface area contributed by atoms with Crippen molar-refractivity contribution in [2.24, 2.45) is 0 Å². The molecule has 1 N–H and O–H groups in total. The number of carbonyl (C=O) groups is 3. The van der Waals surface area contributed by atoms with E-state index in [-0.39, 0.29) is 5.57 Å². The van der Waals surface area contributed by atoms with E-state index in [1.807, 2.05) is 19.1 Å². The molecule has 0 radical (unpaired) electrons. The van der Waals surface area contributed by atoms with Crippen molar-refractivity contribution in [2.45, 2.75) is 6.92 Å². The predicted octanol–water partition coefficient (Wildman–Crippen LogP) is 0.832. The average molecular weight is 245 g/mol. The number of rotatable bonds is 3. The molecule has 0 aromatic heterocycles. The molecule has 2 rings (SSSR count). The molecule has 0 fully saturated rings. The second-order valence-corrected chi connectivity index (χ2v) is 4.00. The minimum atomic E-state index is -1.21. The number of benzene rings is 1. The number of aryl methyl sites for hydroxylation is 1. The fourth-order valence-electron chi connectivity index (χ4n) is 1.86. The van der Waals surface area contributed by atoms with Gasteiger partial charge in [0, 0.05) is 6.08 Å². The molecule has 92 valence electrons. The Kier molecular flexibility index (Phi) is 2.97. The lowest BCUT2D eigenvalue weighted by Gasteiger charge is -2.12. The maximum atomic E-state index is 12.0. The first-order valence-corrected chi connectivity index (χ1v) is 5.36. The Labute approximate surface area is 103 Å². The van der Waals surface area contributed by atoms with Crippen molar-refractivity contribution < 1.29 is 19.5 Å². The number of amides is 2. The van der Waals surface area contributed by atoms with Gasteiger partial charge in [-0.3, -0.25) is 19.3 Å². The van der Waals surface area contributed by atoms with Crippen LogP contribution >= 0.6 is 0 Å². The molecule has 5 heteroatoms. The van der Waals surface area contributed by atoms with Gasteiger partial charge in [-0.1, -0.05) is 24.3 Å². The molecule has 0 spiro atoms. The number of hydrogen-bond donors (Lipinski definition) is 1. The smallest absolute Gasteiger partial charge is 0.323 e. The lowest BCUT2D eigenvalue weighted by atomic mass is 10.0. The third kappa shape index (κ3) is 2.02. The van der Waals surface area contributed by atoms with Crippen molar-refractivity contribution in [1.29, 1.82) is 0 Å². The van der Waals surface area contributed by atoms with Gasteiger partial charge in [-0.15, -0.1) is 0 Å². The van der Waals surface area contributed by atoms with E-state index in [1.54, 1.807) is 12.1 Å². The molecule has 1 aromatic rings. The highest BCUT2D eigenvalue weighted by molar-refractivity contribution is 6.34.